The molecule has 0 spiro atoms. The summed E-state index contributed by atoms with van der Waals surface area (Å²) in [6, 6.07) is 5.00. The molecular weight excluding hydrogens is 403 g/mol. The third-order valence-corrected chi connectivity index (χ3v) is 6.54. The zero-order valence-corrected chi connectivity index (χ0v) is 17.7. The lowest BCUT2D eigenvalue weighted by molar-refractivity contribution is -0.119. The SMILES string of the molecule is CNC(=O)Cc1cnc(-c2nnc(NCC3(c4ncccc4F)CCC3)cc2C)s1. The van der Waals surface area contributed by atoms with Crippen molar-refractivity contribution >= 4 is 23.1 Å². The Balaban J connectivity index is 1.47. The summed E-state index contributed by atoms with van der Waals surface area (Å²) in [6.07, 6.45) is 6.49. The van der Waals surface area contributed by atoms with Crippen molar-refractivity contribution in [3.8, 4) is 10.7 Å². The van der Waals surface area contributed by atoms with E-state index in [1.54, 1.807) is 25.5 Å². The molecule has 1 saturated carbocycles. The predicted octanol–water partition coefficient (Wildman–Crippen LogP) is 3.26. The minimum absolute atomic E-state index is 0.0539. The van der Waals surface area contributed by atoms with E-state index in [1.807, 2.05) is 13.0 Å². The summed E-state index contributed by atoms with van der Waals surface area (Å²) >= 11 is 1.43. The zero-order valence-electron chi connectivity index (χ0n) is 16.9. The molecule has 2 N–H and O–H groups in total. The normalized spacial score (nSPS) is 14.8. The molecule has 3 aromatic rings. The number of hydrogen-bond donors (Lipinski definition) is 2. The van der Waals surface area contributed by atoms with Gasteiger partial charge in [-0.15, -0.1) is 21.5 Å². The van der Waals surface area contributed by atoms with E-state index >= 15 is 0 Å². The van der Waals surface area contributed by atoms with E-state index in [2.05, 4.69) is 30.8 Å². The fourth-order valence-corrected chi connectivity index (χ4v) is 4.63. The Labute approximate surface area is 178 Å². The second-order valence-electron chi connectivity index (χ2n) is 7.56. The van der Waals surface area contributed by atoms with Gasteiger partial charge >= 0.3 is 0 Å². The molecule has 1 amide bonds. The van der Waals surface area contributed by atoms with Crippen LogP contribution in [0.3, 0.4) is 0 Å². The number of rotatable bonds is 7. The number of likely N-dealkylation sites (N-methyl/N-ethyl adjacent to an activating group) is 1. The van der Waals surface area contributed by atoms with Crippen LogP contribution in [0.1, 0.15) is 35.4 Å². The maximum Gasteiger partial charge on any atom is 0.225 e. The van der Waals surface area contributed by atoms with Crippen LogP contribution in [0.2, 0.25) is 0 Å². The van der Waals surface area contributed by atoms with Crippen molar-refractivity contribution in [2.75, 3.05) is 18.9 Å². The molecule has 1 aliphatic carbocycles. The van der Waals surface area contributed by atoms with E-state index in [9.17, 15) is 9.18 Å². The summed E-state index contributed by atoms with van der Waals surface area (Å²) in [7, 11) is 1.61. The highest BCUT2D eigenvalue weighted by Gasteiger charge is 2.41. The summed E-state index contributed by atoms with van der Waals surface area (Å²) < 4.78 is 14.3. The molecule has 0 radical (unpaired) electrons. The van der Waals surface area contributed by atoms with Crippen LogP contribution >= 0.6 is 11.3 Å². The molecule has 3 heterocycles. The lowest BCUT2D eigenvalue weighted by Gasteiger charge is -2.41. The number of hydrogen-bond acceptors (Lipinski definition) is 7. The number of nitrogens with one attached hydrogen (secondary N) is 2. The molecule has 0 unspecified atom stereocenters. The van der Waals surface area contributed by atoms with Gasteiger partial charge in [-0.2, -0.15) is 0 Å². The van der Waals surface area contributed by atoms with Crippen LogP contribution in [-0.2, 0) is 16.6 Å². The molecule has 0 aromatic carbocycles. The summed E-state index contributed by atoms with van der Waals surface area (Å²) in [5.41, 5.74) is 1.85. The Morgan fingerprint density at radius 3 is 2.80 bits per heavy atom. The minimum atomic E-state index is -0.302. The summed E-state index contributed by atoms with van der Waals surface area (Å²) in [4.78, 5) is 21.1. The monoisotopic (exact) mass is 426 g/mol. The van der Waals surface area contributed by atoms with Crippen LogP contribution in [0.4, 0.5) is 10.2 Å². The third kappa shape index (κ3) is 4.02. The molecule has 1 fully saturated rings. The van der Waals surface area contributed by atoms with Crippen molar-refractivity contribution in [3.05, 3.63) is 52.5 Å². The van der Waals surface area contributed by atoms with Gasteiger partial charge < -0.3 is 10.6 Å². The van der Waals surface area contributed by atoms with Gasteiger partial charge in [0.15, 0.2) is 0 Å². The number of pyridine rings is 1. The smallest absolute Gasteiger partial charge is 0.225 e. The number of amides is 1. The molecule has 0 bridgehead atoms. The third-order valence-electron chi connectivity index (χ3n) is 5.53. The Morgan fingerprint density at radius 2 is 2.13 bits per heavy atom. The molecule has 156 valence electrons. The Morgan fingerprint density at radius 1 is 1.30 bits per heavy atom. The average molecular weight is 427 g/mol. The molecule has 0 aliphatic heterocycles. The number of aromatic nitrogens is 4. The van der Waals surface area contributed by atoms with E-state index in [0.29, 0.717) is 30.2 Å². The zero-order chi connectivity index (χ0) is 21.1. The van der Waals surface area contributed by atoms with Crippen molar-refractivity contribution in [3.63, 3.8) is 0 Å². The Bertz CT molecular complexity index is 1070. The Hall–Kier alpha value is -2.94. The standard InChI is InChI=1S/C21H23FN6OS/c1-13-9-16(26-12-21(6-4-7-21)19-15(22)5-3-8-24-19)27-28-18(13)20-25-11-14(30-20)10-17(29)23-2/h3,5,8-9,11H,4,6-7,10,12H2,1-2H3,(H,23,29)(H,26,27). The molecule has 0 atom stereocenters. The van der Waals surface area contributed by atoms with Crippen molar-refractivity contribution in [1.82, 2.24) is 25.5 Å². The van der Waals surface area contributed by atoms with Gasteiger partial charge in [0.1, 0.15) is 22.3 Å². The average Bonchev–Trinajstić information content (AvgIpc) is 3.16. The number of aryl methyl sites for hydroxylation is 1. The van der Waals surface area contributed by atoms with Crippen LogP contribution in [0, 0.1) is 12.7 Å². The maximum atomic E-state index is 14.3. The summed E-state index contributed by atoms with van der Waals surface area (Å²) in [5.74, 6) is 0.329. The first-order valence-electron chi connectivity index (χ1n) is 9.85. The fourth-order valence-electron chi connectivity index (χ4n) is 3.66. The molecule has 3 aromatic heterocycles. The van der Waals surface area contributed by atoms with Gasteiger partial charge in [0.2, 0.25) is 5.91 Å². The summed E-state index contributed by atoms with van der Waals surface area (Å²) in [5, 5.41) is 15.3. The maximum absolute atomic E-state index is 14.3. The topological polar surface area (TPSA) is 92.7 Å². The van der Waals surface area contributed by atoms with Gasteiger partial charge in [0.25, 0.3) is 0 Å². The number of halogens is 1. The van der Waals surface area contributed by atoms with E-state index in [1.165, 1.54) is 17.4 Å². The number of nitrogens with zero attached hydrogens (tertiary/aromatic N) is 4. The van der Waals surface area contributed by atoms with Crippen LogP contribution in [0.5, 0.6) is 0 Å². The van der Waals surface area contributed by atoms with Gasteiger partial charge in [-0.1, -0.05) is 6.42 Å². The quantitative estimate of drug-likeness (QED) is 0.602. The van der Waals surface area contributed by atoms with E-state index < -0.39 is 0 Å². The highest BCUT2D eigenvalue weighted by Crippen LogP contribution is 2.43. The number of carbonyl (C=O) groups excluding carboxylic acids is 1. The van der Waals surface area contributed by atoms with Crippen LogP contribution < -0.4 is 10.6 Å². The van der Waals surface area contributed by atoms with Crippen molar-refractivity contribution in [2.24, 2.45) is 0 Å². The van der Waals surface area contributed by atoms with Crippen molar-refractivity contribution < 1.29 is 9.18 Å². The van der Waals surface area contributed by atoms with E-state index in [-0.39, 0.29) is 17.1 Å². The molecule has 30 heavy (non-hydrogen) atoms. The van der Waals surface area contributed by atoms with Gasteiger partial charge in [-0.3, -0.25) is 9.78 Å². The fraction of sp³-hybridized carbons (Fsp3) is 0.381. The number of carbonyl (C=O) groups is 1. The number of anilines is 1. The lowest BCUT2D eigenvalue weighted by Crippen LogP contribution is -2.42. The first-order valence-corrected chi connectivity index (χ1v) is 10.7. The van der Waals surface area contributed by atoms with Gasteiger partial charge in [-0.25, -0.2) is 9.37 Å². The van der Waals surface area contributed by atoms with Crippen LogP contribution in [0.25, 0.3) is 10.7 Å². The molecular formula is C21H23FN6OS. The van der Waals surface area contributed by atoms with E-state index in [0.717, 1.165) is 34.7 Å². The van der Waals surface area contributed by atoms with Gasteiger partial charge in [0, 0.05) is 36.3 Å². The second kappa shape index (κ2) is 8.43. The van der Waals surface area contributed by atoms with Gasteiger partial charge in [-0.05, 0) is 43.5 Å². The lowest BCUT2D eigenvalue weighted by atomic mass is 9.66. The van der Waals surface area contributed by atoms with Crippen molar-refractivity contribution in [2.45, 2.75) is 38.0 Å². The highest BCUT2D eigenvalue weighted by molar-refractivity contribution is 7.15. The largest absolute Gasteiger partial charge is 0.368 e. The predicted molar refractivity (Wildman–Crippen MR) is 114 cm³/mol. The van der Waals surface area contributed by atoms with Crippen LogP contribution in [-0.4, -0.2) is 39.7 Å². The number of thiazole rings is 1. The first kappa shape index (κ1) is 20.3. The molecule has 7 nitrogen and oxygen atoms in total. The van der Waals surface area contributed by atoms with E-state index in [4.69, 9.17) is 0 Å². The Kier molecular flexibility index (Phi) is 5.72. The minimum Gasteiger partial charge on any atom is -0.368 e. The highest BCUT2D eigenvalue weighted by atomic mass is 32.1. The molecule has 1 aliphatic rings. The second-order valence-corrected chi connectivity index (χ2v) is 8.68. The molecule has 4 rings (SSSR count). The van der Waals surface area contributed by atoms with Gasteiger partial charge in [0.05, 0.1) is 12.1 Å². The first-order chi connectivity index (χ1) is 14.5. The molecule has 0 saturated heterocycles. The molecule has 9 heteroatoms. The van der Waals surface area contributed by atoms with Crippen molar-refractivity contribution in [1.29, 1.82) is 0 Å². The summed E-state index contributed by atoms with van der Waals surface area (Å²) in [6.45, 7) is 2.51. The van der Waals surface area contributed by atoms with Crippen LogP contribution in [0.15, 0.2) is 30.6 Å².